The van der Waals surface area contributed by atoms with Gasteiger partial charge in [0.05, 0.1) is 6.10 Å². The van der Waals surface area contributed by atoms with Gasteiger partial charge in [0, 0.05) is 12.6 Å². The molecule has 3 atom stereocenters. The molecule has 1 saturated carbocycles. The predicted octanol–water partition coefficient (Wildman–Crippen LogP) is 2.07. The molecule has 2 nitrogen and oxygen atoms in total. The molecule has 0 aromatic carbocycles. The summed E-state index contributed by atoms with van der Waals surface area (Å²) in [6.45, 7) is 0.994. The number of nitrogens with two attached hydrogens (primary N) is 1. The Bertz CT molecular complexity index is 152. The van der Waals surface area contributed by atoms with Gasteiger partial charge in [0.1, 0.15) is 0 Å². The average Bonchev–Trinajstić information content (AvgIpc) is 2.62. The lowest BCUT2D eigenvalue weighted by atomic mass is 9.77. The summed E-state index contributed by atoms with van der Waals surface area (Å²) in [5, 5.41) is 0. The molecular weight excluding hydrogens is 162 g/mol. The summed E-state index contributed by atoms with van der Waals surface area (Å²) in [5.41, 5.74) is 5.89. The molecule has 0 bridgehead atoms. The first-order valence-electron chi connectivity index (χ1n) is 5.73. The first-order chi connectivity index (χ1) is 6.36. The molecule has 0 radical (unpaired) electrons. The van der Waals surface area contributed by atoms with Crippen LogP contribution in [0.15, 0.2) is 0 Å². The van der Waals surface area contributed by atoms with Crippen molar-refractivity contribution in [3.05, 3.63) is 0 Å². The minimum absolute atomic E-state index is 0.518. The Balaban J connectivity index is 1.53. The summed E-state index contributed by atoms with van der Waals surface area (Å²) in [6.07, 6.45) is 9.69. The molecule has 2 heteroatoms. The molecule has 13 heavy (non-hydrogen) atoms. The highest BCUT2D eigenvalue weighted by Crippen LogP contribution is 2.31. The standard InChI is InChI=1S/C11H21NO/c12-11-7-6-9(11)3-1-4-10-5-2-8-13-10/h9-11H,1-8,12H2. The van der Waals surface area contributed by atoms with Gasteiger partial charge >= 0.3 is 0 Å². The van der Waals surface area contributed by atoms with E-state index in [1.54, 1.807) is 0 Å². The summed E-state index contributed by atoms with van der Waals surface area (Å²) in [6, 6.07) is 0.518. The Morgan fingerprint density at radius 3 is 2.62 bits per heavy atom. The molecule has 0 amide bonds. The van der Waals surface area contributed by atoms with E-state index in [0.717, 1.165) is 12.5 Å². The van der Waals surface area contributed by atoms with Crippen LogP contribution in [-0.4, -0.2) is 18.8 Å². The lowest BCUT2D eigenvalue weighted by Crippen LogP contribution is -2.39. The van der Waals surface area contributed by atoms with Crippen LogP contribution >= 0.6 is 0 Å². The van der Waals surface area contributed by atoms with Gasteiger partial charge in [-0.2, -0.15) is 0 Å². The van der Waals surface area contributed by atoms with Gasteiger partial charge in [0.25, 0.3) is 0 Å². The second-order valence-corrected chi connectivity index (χ2v) is 4.57. The van der Waals surface area contributed by atoms with Crippen molar-refractivity contribution < 1.29 is 4.74 Å². The van der Waals surface area contributed by atoms with E-state index in [-0.39, 0.29) is 0 Å². The molecule has 2 fully saturated rings. The van der Waals surface area contributed by atoms with Crippen LogP contribution in [0.1, 0.15) is 44.9 Å². The molecule has 1 aliphatic heterocycles. The minimum Gasteiger partial charge on any atom is -0.378 e. The van der Waals surface area contributed by atoms with Crippen molar-refractivity contribution in [2.75, 3.05) is 6.61 Å². The van der Waals surface area contributed by atoms with Crippen molar-refractivity contribution in [3.8, 4) is 0 Å². The zero-order chi connectivity index (χ0) is 9.10. The van der Waals surface area contributed by atoms with Gasteiger partial charge in [-0.25, -0.2) is 0 Å². The zero-order valence-electron chi connectivity index (χ0n) is 8.37. The van der Waals surface area contributed by atoms with Crippen molar-refractivity contribution in [2.45, 2.75) is 57.1 Å². The second-order valence-electron chi connectivity index (χ2n) is 4.57. The summed E-state index contributed by atoms with van der Waals surface area (Å²) >= 11 is 0. The lowest BCUT2D eigenvalue weighted by molar-refractivity contribution is 0.0980. The normalized spacial score (nSPS) is 39.0. The van der Waals surface area contributed by atoms with Gasteiger partial charge in [-0.1, -0.05) is 6.42 Å². The smallest absolute Gasteiger partial charge is 0.0576 e. The lowest BCUT2D eigenvalue weighted by Gasteiger charge is -2.33. The van der Waals surface area contributed by atoms with E-state index >= 15 is 0 Å². The van der Waals surface area contributed by atoms with Crippen LogP contribution in [0.5, 0.6) is 0 Å². The van der Waals surface area contributed by atoms with Crippen LogP contribution < -0.4 is 5.73 Å². The topological polar surface area (TPSA) is 35.2 Å². The van der Waals surface area contributed by atoms with Gasteiger partial charge in [-0.15, -0.1) is 0 Å². The highest BCUT2D eigenvalue weighted by molar-refractivity contribution is 4.83. The van der Waals surface area contributed by atoms with E-state index in [0.29, 0.717) is 12.1 Å². The maximum atomic E-state index is 5.89. The molecule has 1 aliphatic carbocycles. The zero-order valence-corrected chi connectivity index (χ0v) is 8.37. The Hall–Kier alpha value is -0.0800. The number of hydrogen-bond donors (Lipinski definition) is 1. The molecule has 0 aromatic rings. The summed E-state index contributed by atoms with van der Waals surface area (Å²) in [7, 11) is 0. The van der Waals surface area contributed by atoms with E-state index < -0.39 is 0 Å². The molecule has 3 unspecified atom stereocenters. The van der Waals surface area contributed by atoms with Crippen molar-refractivity contribution in [1.29, 1.82) is 0 Å². The van der Waals surface area contributed by atoms with E-state index in [4.69, 9.17) is 10.5 Å². The SMILES string of the molecule is NC1CCC1CCCC1CCCO1. The fraction of sp³-hybridized carbons (Fsp3) is 1.00. The molecule has 2 N–H and O–H groups in total. The van der Waals surface area contributed by atoms with Crippen molar-refractivity contribution >= 4 is 0 Å². The van der Waals surface area contributed by atoms with Crippen molar-refractivity contribution in [1.82, 2.24) is 0 Å². The van der Waals surface area contributed by atoms with Crippen LogP contribution in [0.4, 0.5) is 0 Å². The van der Waals surface area contributed by atoms with E-state index in [9.17, 15) is 0 Å². The van der Waals surface area contributed by atoms with Crippen molar-refractivity contribution in [2.24, 2.45) is 11.7 Å². The van der Waals surface area contributed by atoms with E-state index in [1.807, 2.05) is 0 Å². The van der Waals surface area contributed by atoms with Crippen LogP contribution in [0.2, 0.25) is 0 Å². The number of ether oxygens (including phenoxy) is 1. The molecule has 76 valence electrons. The van der Waals surface area contributed by atoms with Crippen LogP contribution in [0.3, 0.4) is 0 Å². The second kappa shape index (κ2) is 4.43. The molecule has 0 aromatic heterocycles. The Labute approximate surface area is 80.8 Å². The average molecular weight is 183 g/mol. The Morgan fingerprint density at radius 2 is 2.08 bits per heavy atom. The van der Waals surface area contributed by atoms with Crippen molar-refractivity contribution in [3.63, 3.8) is 0 Å². The van der Waals surface area contributed by atoms with E-state index in [1.165, 1.54) is 44.9 Å². The van der Waals surface area contributed by atoms with Gasteiger partial charge in [-0.05, 0) is 44.4 Å². The predicted molar refractivity (Wildman–Crippen MR) is 53.5 cm³/mol. The maximum Gasteiger partial charge on any atom is 0.0576 e. The van der Waals surface area contributed by atoms with Gasteiger partial charge < -0.3 is 10.5 Å². The first kappa shape index (κ1) is 9.47. The molecule has 0 spiro atoms. The largest absolute Gasteiger partial charge is 0.378 e. The van der Waals surface area contributed by atoms with Crippen LogP contribution in [-0.2, 0) is 4.74 Å². The fourth-order valence-corrected chi connectivity index (χ4v) is 2.43. The van der Waals surface area contributed by atoms with E-state index in [2.05, 4.69) is 0 Å². The third-order valence-electron chi connectivity index (χ3n) is 3.60. The third-order valence-corrected chi connectivity index (χ3v) is 3.60. The molecule has 1 heterocycles. The summed E-state index contributed by atoms with van der Waals surface area (Å²) < 4.78 is 5.58. The molecule has 2 aliphatic rings. The van der Waals surface area contributed by atoms with Crippen LogP contribution in [0.25, 0.3) is 0 Å². The molecular formula is C11H21NO. The Kier molecular flexibility index (Phi) is 3.23. The maximum absolute atomic E-state index is 5.89. The molecule has 2 rings (SSSR count). The minimum atomic E-state index is 0.518. The Morgan fingerprint density at radius 1 is 1.15 bits per heavy atom. The first-order valence-corrected chi connectivity index (χ1v) is 5.73. The van der Waals surface area contributed by atoms with Crippen LogP contribution in [0, 0.1) is 5.92 Å². The summed E-state index contributed by atoms with van der Waals surface area (Å²) in [5.74, 6) is 0.835. The number of hydrogen-bond acceptors (Lipinski definition) is 2. The highest BCUT2D eigenvalue weighted by Gasteiger charge is 2.26. The van der Waals surface area contributed by atoms with Gasteiger partial charge in [0.15, 0.2) is 0 Å². The summed E-state index contributed by atoms with van der Waals surface area (Å²) in [4.78, 5) is 0. The third kappa shape index (κ3) is 2.44. The van der Waals surface area contributed by atoms with Gasteiger partial charge in [-0.3, -0.25) is 0 Å². The number of rotatable bonds is 4. The highest BCUT2D eigenvalue weighted by atomic mass is 16.5. The monoisotopic (exact) mass is 183 g/mol. The quantitative estimate of drug-likeness (QED) is 0.724. The fourth-order valence-electron chi connectivity index (χ4n) is 2.43. The van der Waals surface area contributed by atoms with Gasteiger partial charge in [0.2, 0.25) is 0 Å². The molecule has 1 saturated heterocycles.